The van der Waals surface area contributed by atoms with Crippen LogP contribution in [0.1, 0.15) is 18.8 Å². The van der Waals surface area contributed by atoms with E-state index in [2.05, 4.69) is 30.2 Å². The van der Waals surface area contributed by atoms with Gasteiger partial charge in [-0.15, -0.1) is 0 Å². The third kappa shape index (κ3) is 2.50. The lowest BCUT2D eigenvalue weighted by Crippen LogP contribution is -2.32. The summed E-state index contributed by atoms with van der Waals surface area (Å²) in [5, 5.41) is 3.30. The van der Waals surface area contributed by atoms with Gasteiger partial charge in [0.05, 0.1) is 12.4 Å². The van der Waals surface area contributed by atoms with E-state index in [1.54, 1.807) is 43.0 Å². The number of H-pyrrole nitrogens is 1. The van der Waals surface area contributed by atoms with E-state index in [9.17, 15) is 4.79 Å². The first-order valence-electron chi connectivity index (χ1n) is 8.64. The van der Waals surface area contributed by atoms with Crippen LogP contribution >= 0.6 is 0 Å². The molecule has 0 fully saturated rings. The van der Waals surface area contributed by atoms with Crippen LogP contribution in [0.4, 0.5) is 5.82 Å². The number of hydrogen-bond acceptors (Lipinski definition) is 7. The predicted octanol–water partition coefficient (Wildman–Crippen LogP) is 1.72. The minimum absolute atomic E-state index is 0.244. The van der Waals surface area contributed by atoms with Crippen molar-refractivity contribution in [2.24, 2.45) is 0 Å². The molecule has 0 bridgehead atoms. The number of hydrogen-bond donors (Lipinski definition) is 2. The van der Waals surface area contributed by atoms with Crippen molar-refractivity contribution in [2.75, 3.05) is 5.32 Å². The Hall–Kier alpha value is -4.08. The van der Waals surface area contributed by atoms with E-state index in [4.69, 9.17) is 4.98 Å². The normalized spacial score (nSPS) is 12.5. The second kappa shape index (κ2) is 6.27. The molecular formula is C18H15N9O. The van der Waals surface area contributed by atoms with Gasteiger partial charge in [0, 0.05) is 12.4 Å². The summed E-state index contributed by atoms with van der Waals surface area (Å²) in [4.78, 5) is 37.7. The van der Waals surface area contributed by atoms with E-state index in [-0.39, 0.29) is 11.7 Å². The molecule has 5 rings (SSSR count). The number of anilines is 1. The lowest BCUT2D eigenvalue weighted by Gasteiger charge is -2.19. The first-order chi connectivity index (χ1) is 13.7. The molecule has 0 aliphatic rings. The molecule has 138 valence electrons. The number of aromatic nitrogens is 8. The first-order valence-corrected chi connectivity index (χ1v) is 8.64. The molecule has 5 aromatic heterocycles. The quantitative estimate of drug-likeness (QED) is 0.492. The van der Waals surface area contributed by atoms with Gasteiger partial charge in [0.2, 0.25) is 0 Å². The summed E-state index contributed by atoms with van der Waals surface area (Å²) in [5.74, 6) is 1.59. The molecular weight excluding hydrogens is 358 g/mol. The molecule has 0 aliphatic heterocycles. The fourth-order valence-electron chi connectivity index (χ4n) is 3.13. The maximum absolute atomic E-state index is 13.1. The van der Waals surface area contributed by atoms with E-state index in [0.717, 1.165) is 0 Å². The lowest BCUT2D eigenvalue weighted by molar-refractivity contribution is 0.686. The Morgan fingerprint density at radius 1 is 1.11 bits per heavy atom. The predicted molar refractivity (Wildman–Crippen MR) is 102 cm³/mol. The van der Waals surface area contributed by atoms with Crippen molar-refractivity contribution in [3.63, 3.8) is 0 Å². The molecule has 0 saturated carbocycles. The van der Waals surface area contributed by atoms with Crippen LogP contribution in [0.25, 0.3) is 22.6 Å². The highest BCUT2D eigenvalue weighted by atomic mass is 16.1. The monoisotopic (exact) mass is 373 g/mol. The molecule has 1 unspecified atom stereocenters. The second-order valence-corrected chi connectivity index (χ2v) is 6.20. The van der Waals surface area contributed by atoms with Crippen molar-refractivity contribution in [3.8, 4) is 5.82 Å². The van der Waals surface area contributed by atoms with Gasteiger partial charge in [-0.2, -0.15) is 0 Å². The number of aromatic amines is 1. The van der Waals surface area contributed by atoms with Gasteiger partial charge in [0.1, 0.15) is 29.1 Å². The van der Waals surface area contributed by atoms with Crippen molar-refractivity contribution < 1.29 is 0 Å². The molecule has 10 nitrogen and oxygen atoms in total. The fraction of sp³-hybridized carbons (Fsp3) is 0.111. The summed E-state index contributed by atoms with van der Waals surface area (Å²) < 4.78 is 2.98. The van der Waals surface area contributed by atoms with Gasteiger partial charge in [-0.25, -0.2) is 34.3 Å². The van der Waals surface area contributed by atoms with Gasteiger partial charge in [-0.05, 0) is 31.2 Å². The van der Waals surface area contributed by atoms with Gasteiger partial charge in [0.15, 0.2) is 11.5 Å². The number of rotatable bonds is 4. The number of nitrogens with one attached hydrogen (secondary N) is 2. The Morgan fingerprint density at radius 3 is 2.89 bits per heavy atom. The molecule has 0 aromatic carbocycles. The third-order valence-corrected chi connectivity index (χ3v) is 4.42. The van der Waals surface area contributed by atoms with Gasteiger partial charge in [-0.1, -0.05) is 6.07 Å². The van der Waals surface area contributed by atoms with E-state index < -0.39 is 0 Å². The van der Waals surface area contributed by atoms with Gasteiger partial charge in [0.25, 0.3) is 0 Å². The molecule has 10 heteroatoms. The van der Waals surface area contributed by atoms with E-state index in [0.29, 0.717) is 34.3 Å². The molecule has 5 aromatic rings. The van der Waals surface area contributed by atoms with Crippen LogP contribution in [-0.2, 0) is 0 Å². The first kappa shape index (κ1) is 16.1. The molecule has 0 amide bonds. The summed E-state index contributed by atoms with van der Waals surface area (Å²) in [7, 11) is 0. The van der Waals surface area contributed by atoms with Crippen LogP contribution in [-0.4, -0.2) is 38.9 Å². The second-order valence-electron chi connectivity index (χ2n) is 6.20. The van der Waals surface area contributed by atoms with Crippen LogP contribution in [0.5, 0.6) is 0 Å². The fourth-order valence-corrected chi connectivity index (χ4v) is 3.13. The summed E-state index contributed by atoms with van der Waals surface area (Å²) in [5.41, 5.74) is 1.56. The van der Waals surface area contributed by atoms with Crippen LogP contribution in [0.2, 0.25) is 0 Å². The Labute approximate surface area is 158 Å². The average Bonchev–Trinajstić information content (AvgIpc) is 3.38. The van der Waals surface area contributed by atoms with Crippen molar-refractivity contribution in [2.45, 2.75) is 13.0 Å². The minimum atomic E-state index is -0.351. The van der Waals surface area contributed by atoms with Crippen molar-refractivity contribution in [3.05, 3.63) is 71.7 Å². The Kier molecular flexibility index (Phi) is 3.61. The van der Waals surface area contributed by atoms with Crippen molar-refractivity contribution >= 4 is 22.6 Å². The largest absolute Gasteiger partial charge is 0.358 e. The number of pyridine rings is 1. The van der Waals surface area contributed by atoms with Crippen LogP contribution in [0, 0.1) is 0 Å². The zero-order chi connectivity index (χ0) is 19.1. The number of nitrogens with zero attached hydrogens (tertiary/aromatic N) is 7. The molecule has 1 atom stereocenters. The maximum Gasteiger partial charge on any atom is 0.341 e. The lowest BCUT2D eigenvalue weighted by atomic mass is 10.3. The minimum Gasteiger partial charge on any atom is -0.358 e. The van der Waals surface area contributed by atoms with E-state index >= 15 is 0 Å². The zero-order valence-corrected chi connectivity index (χ0v) is 14.8. The highest BCUT2D eigenvalue weighted by Gasteiger charge is 2.20. The van der Waals surface area contributed by atoms with Gasteiger partial charge >= 0.3 is 5.69 Å². The highest BCUT2D eigenvalue weighted by Crippen LogP contribution is 2.22. The van der Waals surface area contributed by atoms with Gasteiger partial charge in [-0.3, -0.25) is 4.40 Å². The standard InChI is InChI=1S/C18H15N9O/c1-11(24-16-14-15(21-9-20-14)22-10-23-16)17-25-13-6-4-8-26(13)18(28)27(17)12-5-2-3-7-19-12/h2-11H,1H3,(H2,20,21,22,23,24). The molecule has 0 saturated heterocycles. The molecule has 5 heterocycles. The SMILES string of the molecule is CC(Nc1ncnc2nc[nH]c12)c1nc2cccn2c(=O)n1-c1ccccn1. The van der Waals surface area contributed by atoms with E-state index in [1.165, 1.54) is 15.3 Å². The molecule has 0 aliphatic carbocycles. The molecule has 28 heavy (non-hydrogen) atoms. The summed E-state index contributed by atoms with van der Waals surface area (Å²) in [6.45, 7) is 1.91. The third-order valence-electron chi connectivity index (χ3n) is 4.42. The van der Waals surface area contributed by atoms with E-state index in [1.807, 2.05) is 13.0 Å². The summed E-state index contributed by atoms with van der Waals surface area (Å²) >= 11 is 0. The van der Waals surface area contributed by atoms with Crippen LogP contribution in [0.3, 0.4) is 0 Å². The van der Waals surface area contributed by atoms with Gasteiger partial charge < -0.3 is 10.3 Å². The Balaban J connectivity index is 1.67. The smallest absolute Gasteiger partial charge is 0.341 e. The molecule has 0 radical (unpaired) electrons. The Bertz CT molecular complexity index is 1340. The zero-order valence-electron chi connectivity index (χ0n) is 14.8. The molecule has 2 N–H and O–H groups in total. The Morgan fingerprint density at radius 2 is 2.04 bits per heavy atom. The summed E-state index contributed by atoms with van der Waals surface area (Å²) in [6, 6.07) is 8.62. The van der Waals surface area contributed by atoms with Crippen molar-refractivity contribution in [1.82, 2.24) is 38.9 Å². The molecule has 0 spiro atoms. The topological polar surface area (TPSA) is 119 Å². The van der Waals surface area contributed by atoms with Crippen LogP contribution in [0.15, 0.2) is 60.2 Å². The maximum atomic E-state index is 13.1. The summed E-state index contributed by atoms with van der Waals surface area (Å²) in [6.07, 6.45) is 6.32. The number of imidazole rings is 1. The van der Waals surface area contributed by atoms with Crippen LogP contribution < -0.4 is 11.0 Å². The average molecular weight is 373 g/mol. The highest BCUT2D eigenvalue weighted by molar-refractivity contribution is 5.82. The number of fused-ring (bicyclic) bond motifs is 2. The van der Waals surface area contributed by atoms with Crippen molar-refractivity contribution in [1.29, 1.82) is 0 Å².